The lowest BCUT2D eigenvalue weighted by Gasteiger charge is -2.57. The molecule has 2 fully saturated rings. The number of benzene rings is 1. The van der Waals surface area contributed by atoms with Gasteiger partial charge in [0.25, 0.3) is 0 Å². The van der Waals surface area contributed by atoms with Gasteiger partial charge in [0.1, 0.15) is 5.54 Å². The maximum absolute atomic E-state index is 12.8. The molecule has 0 radical (unpaired) electrons. The van der Waals surface area contributed by atoms with Crippen LogP contribution in [0.5, 0.6) is 0 Å². The number of nitrogens with zero attached hydrogens (tertiary/aromatic N) is 1. The average molecular weight is 389 g/mol. The first-order chi connectivity index (χ1) is 13.3. The molecule has 4 N–H and O–H groups in total. The van der Waals surface area contributed by atoms with Crippen LogP contribution in [-0.4, -0.2) is 48.2 Å². The molecule has 2 aliphatic rings. The second-order valence-electron chi connectivity index (χ2n) is 8.35. The molecule has 1 aromatic rings. The van der Waals surface area contributed by atoms with Gasteiger partial charge in [-0.1, -0.05) is 26.0 Å². The zero-order chi connectivity index (χ0) is 20.4. The molecule has 1 aliphatic heterocycles. The molecular weight excluding hydrogens is 356 g/mol. The lowest BCUT2D eigenvalue weighted by atomic mass is 9.54. The number of hydrogen-bond donors (Lipinski definition) is 3. The summed E-state index contributed by atoms with van der Waals surface area (Å²) in [5, 5.41) is 5.88. The van der Waals surface area contributed by atoms with E-state index in [9.17, 15) is 9.59 Å². The van der Waals surface area contributed by atoms with Crippen molar-refractivity contribution in [3.63, 3.8) is 0 Å². The minimum absolute atomic E-state index is 0.00243. The second kappa shape index (κ2) is 8.09. The standard InChI is InChI=1S/C21H32N4O3/c1-4-28-17-13-21(22,20(17,2)3)18(26)23-14-15-8-7-9-16(12-15)24-19(27)25-10-5-6-11-25/h7-9,12,17H,4-6,10-11,13-14,22H2,1-3H3,(H,23,26)(H,24,27). The first-order valence-corrected chi connectivity index (χ1v) is 10.1. The molecular formula is C21H32N4O3. The lowest BCUT2D eigenvalue weighted by molar-refractivity contribution is -0.170. The highest BCUT2D eigenvalue weighted by atomic mass is 16.5. The van der Waals surface area contributed by atoms with Gasteiger partial charge in [0.05, 0.1) is 6.10 Å². The van der Waals surface area contributed by atoms with Crippen LogP contribution in [-0.2, 0) is 16.1 Å². The van der Waals surface area contributed by atoms with Gasteiger partial charge in [-0.15, -0.1) is 0 Å². The van der Waals surface area contributed by atoms with Crippen molar-refractivity contribution in [2.75, 3.05) is 25.0 Å². The van der Waals surface area contributed by atoms with Gasteiger partial charge in [-0.25, -0.2) is 4.79 Å². The third-order valence-electron chi connectivity index (χ3n) is 6.26. The molecule has 7 heteroatoms. The number of carbonyl (C=O) groups is 2. The Morgan fingerprint density at radius 1 is 1.29 bits per heavy atom. The maximum Gasteiger partial charge on any atom is 0.321 e. The van der Waals surface area contributed by atoms with E-state index < -0.39 is 11.0 Å². The Balaban J connectivity index is 1.56. The topological polar surface area (TPSA) is 96.7 Å². The van der Waals surface area contributed by atoms with E-state index in [2.05, 4.69) is 10.6 Å². The summed E-state index contributed by atoms with van der Waals surface area (Å²) in [5.74, 6) is -0.167. The van der Waals surface area contributed by atoms with Crippen molar-refractivity contribution in [3.8, 4) is 0 Å². The Labute approximate surface area is 167 Å². The summed E-state index contributed by atoms with van der Waals surface area (Å²) in [5.41, 5.74) is 6.71. The molecule has 7 nitrogen and oxygen atoms in total. The first-order valence-electron chi connectivity index (χ1n) is 10.1. The third-order valence-corrected chi connectivity index (χ3v) is 6.26. The smallest absolute Gasteiger partial charge is 0.321 e. The average Bonchev–Trinajstić information content (AvgIpc) is 3.21. The molecule has 1 aromatic carbocycles. The Morgan fingerprint density at radius 2 is 2.00 bits per heavy atom. The third kappa shape index (κ3) is 3.86. The van der Waals surface area contributed by atoms with Crippen molar-refractivity contribution in [1.29, 1.82) is 0 Å². The normalized spacial score (nSPS) is 25.9. The number of carbonyl (C=O) groups excluding carboxylic acids is 2. The van der Waals surface area contributed by atoms with Gasteiger partial charge in [-0.2, -0.15) is 0 Å². The van der Waals surface area contributed by atoms with Gasteiger partial charge in [0, 0.05) is 43.8 Å². The predicted molar refractivity (Wildman–Crippen MR) is 109 cm³/mol. The SMILES string of the molecule is CCOC1CC(N)(C(=O)NCc2cccc(NC(=O)N3CCCC3)c2)C1(C)C. The molecule has 1 aliphatic carbocycles. The molecule has 2 unspecified atom stereocenters. The fourth-order valence-corrected chi connectivity index (χ4v) is 4.04. The molecule has 3 amide bonds. The fraction of sp³-hybridized carbons (Fsp3) is 0.619. The molecule has 0 aromatic heterocycles. The number of nitrogens with two attached hydrogens (primary N) is 1. The summed E-state index contributed by atoms with van der Waals surface area (Å²) in [6.45, 7) is 8.48. The van der Waals surface area contributed by atoms with Crippen LogP contribution in [0.1, 0.15) is 45.6 Å². The quantitative estimate of drug-likeness (QED) is 0.697. The predicted octanol–water partition coefficient (Wildman–Crippen LogP) is 2.46. The van der Waals surface area contributed by atoms with E-state index in [4.69, 9.17) is 10.5 Å². The van der Waals surface area contributed by atoms with Gasteiger partial charge in [0.15, 0.2) is 0 Å². The van der Waals surface area contributed by atoms with E-state index in [1.54, 1.807) is 0 Å². The van der Waals surface area contributed by atoms with E-state index in [1.807, 2.05) is 49.9 Å². The van der Waals surface area contributed by atoms with E-state index in [0.717, 1.165) is 37.2 Å². The zero-order valence-electron chi connectivity index (χ0n) is 17.1. The first kappa shape index (κ1) is 20.6. The Bertz CT molecular complexity index is 730. The monoisotopic (exact) mass is 388 g/mol. The number of anilines is 1. The van der Waals surface area contributed by atoms with Crippen LogP contribution in [0.2, 0.25) is 0 Å². The van der Waals surface area contributed by atoms with E-state index in [-0.39, 0.29) is 18.0 Å². The summed E-state index contributed by atoms with van der Waals surface area (Å²) < 4.78 is 5.69. The van der Waals surface area contributed by atoms with Crippen LogP contribution in [0.25, 0.3) is 0 Å². The molecule has 3 rings (SSSR count). The van der Waals surface area contributed by atoms with Crippen LogP contribution in [0.15, 0.2) is 24.3 Å². The molecule has 0 bridgehead atoms. The van der Waals surface area contributed by atoms with E-state index >= 15 is 0 Å². The minimum Gasteiger partial charge on any atom is -0.378 e. The summed E-state index contributed by atoms with van der Waals surface area (Å²) in [7, 11) is 0. The van der Waals surface area contributed by atoms with Crippen LogP contribution in [0, 0.1) is 5.41 Å². The van der Waals surface area contributed by atoms with Gasteiger partial charge < -0.3 is 26.0 Å². The van der Waals surface area contributed by atoms with Crippen LogP contribution >= 0.6 is 0 Å². The van der Waals surface area contributed by atoms with Gasteiger partial charge in [0.2, 0.25) is 5.91 Å². The number of hydrogen-bond acceptors (Lipinski definition) is 4. The number of rotatable bonds is 6. The molecule has 2 atom stereocenters. The molecule has 154 valence electrons. The number of amides is 3. The van der Waals surface area contributed by atoms with Gasteiger partial charge >= 0.3 is 6.03 Å². The van der Waals surface area contributed by atoms with Crippen molar-refractivity contribution < 1.29 is 14.3 Å². The summed E-state index contributed by atoms with van der Waals surface area (Å²) in [6.07, 6.45) is 2.63. The van der Waals surface area contributed by atoms with Gasteiger partial charge in [-0.3, -0.25) is 4.79 Å². The minimum atomic E-state index is -0.936. The van der Waals surface area contributed by atoms with E-state index in [1.165, 1.54) is 0 Å². The number of ether oxygens (including phenoxy) is 1. The second-order valence-corrected chi connectivity index (χ2v) is 8.35. The highest BCUT2D eigenvalue weighted by molar-refractivity contribution is 5.90. The highest BCUT2D eigenvalue weighted by Crippen LogP contribution is 2.49. The van der Waals surface area contributed by atoms with Gasteiger partial charge in [-0.05, 0) is 37.5 Å². The van der Waals surface area contributed by atoms with Crippen molar-refractivity contribution >= 4 is 17.6 Å². The zero-order valence-corrected chi connectivity index (χ0v) is 17.1. The van der Waals surface area contributed by atoms with Crippen LogP contribution < -0.4 is 16.4 Å². The Morgan fingerprint density at radius 3 is 2.64 bits per heavy atom. The maximum atomic E-state index is 12.8. The number of likely N-dealkylation sites (tertiary alicyclic amines) is 1. The summed E-state index contributed by atoms with van der Waals surface area (Å²) in [6, 6.07) is 7.46. The summed E-state index contributed by atoms with van der Waals surface area (Å²) >= 11 is 0. The molecule has 28 heavy (non-hydrogen) atoms. The molecule has 1 saturated heterocycles. The molecule has 0 spiro atoms. The molecule has 1 saturated carbocycles. The van der Waals surface area contributed by atoms with Crippen LogP contribution in [0.4, 0.5) is 10.5 Å². The Hall–Kier alpha value is -2.12. The number of nitrogens with one attached hydrogen (secondary N) is 2. The summed E-state index contributed by atoms with van der Waals surface area (Å²) in [4.78, 5) is 26.8. The number of urea groups is 1. The largest absolute Gasteiger partial charge is 0.378 e. The highest BCUT2D eigenvalue weighted by Gasteiger charge is 2.62. The molecule has 1 heterocycles. The van der Waals surface area contributed by atoms with Crippen molar-refractivity contribution in [3.05, 3.63) is 29.8 Å². The van der Waals surface area contributed by atoms with Crippen molar-refractivity contribution in [2.24, 2.45) is 11.1 Å². The van der Waals surface area contributed by atoms with Crippen molar-refractivity contribution in [2.45, 2.75) is 58.2 Å². The Kier molecular flexibility index (Phi) is 5.95. The fourth-order valence-electron chi connectivity index (χ4n) is 4.04. The van der Waals surface area contributed by atoms with E-state index in [0.29, 0.717) is 19.6 Å². The van der Waals surface area contributed by atoms with Crippen LogP contribution in [0.3, 0.4) is 0 Å². The van der Waals surface area contributed by atoms with Crippen molar-refractivity contribution in [1.82, 2.24) is 10.2 Å². The lowest BCUT2D eigenvalue weighted by Crippen LogP contribution is -2.75.